The van der Waals surface area contributed by atoms with Crippen molar-refractivity contribution in [2.75, 3.05) is 6.54 Å². The van der Waals surface area contributed by atoms with Crippen LogP contribution in [0.15, 0.2) is 0 Å². The van der Waals surface area contributed by atoms with E-state index in [-0.39, 0.29) is 18.5 Å². The largest absolute Gasteiger partial charge is 0.347 e. The van der Waals surface area contributed by atoms with Crippen molar-refractivity contribution in [3.63, 3.8) is 0 Å². The number of imide groups is 1. The van der Waals surface area contributed by atoms with Gasteiger partial charge in [-0.25, -0.2) is 13.9 Å². The van der Waals surface area contributed by atoms with E-state index >= 15 is 0 Å². The number of nitrogens with zero attached hydrogens (tertiary/aromatic N) is 2. The van der Waals surface area contributed by atoms with Crippen LogP contribution >= 0.6 is 32.3 Å². The number of hydrogen-bond acceptors (Lipinski definition) is 4. The number of carbonyl (C=O) groups is 2. The van der Waals surface area contributed by atoms with Crippen LogP contribution in [0.3, 0.4) is 0 Å². The normalized spacial score (nSPS) is 16.9. The Morgan fingerprint density at radius 1 is 1.36 bits per heavy atom. The number of urea groups is 1. The van der Waals surface area contributed by atoms with Crippen LogP contribution in [0.5, 0.6) is 0 Å². The highest BCUT2D eigenvalue weighted by Gasteiger charge is 2.33. The smallest absolute Gasteiger partial charge is 0.274 e. The summed E-state index contributed by atoms with van der Waals surface area (Å²) < 4.78 is 27.2. The number of amides is 3. The van der Waals surface area contributed by atoms with Crippen molar-refractivity contribution in [1.82, 2.24) is 7.85 Å². The summed E-state index contributed by atoms with van der Waals surface area (Å²) in [7, 11) is -4.17. The molecule has 8 nitrogen and oxygen atoms in total. The molecule has 0 aromatic rings. The van der Waals surface area contributed by atoms with E-state index in [9.17, 15) is 9.59 Å². The predicted molar refractivity (Wildman–Crippen MR) is 52.5 cm³/mol. The molecule has 14 heavy (non-hydrogen) atoms. The van der Waals surface area contributed by atoms with E-state index in [0.29, 0.717) is 0 Å². The van der Waals surface area contributed by atoms with E-state index in [0.717, 1.165) is 7.85 Å². The first-order valence-electron chi connectivity index (χ1n) is 2.84. The average molecular weight is 355 g/mol. The van der Waals surface area contributed by atoms with Gasteiger partial charge >= 0.3 is 16.3 Å². The van der Waals surface area contributed by atoms with Crippen LogP contribution in [0.1, 0.15) is 0 Å². The lowest BCUT2D eigenvalue weighted by atomic mass is 10.7. The molecule has 82 valence electrons. The van der Waals surface area contributed by atoms with E-state index in [2.05, 4.69) is 37.4 Å². The van der Waals surface area contributed by atoms with Crippen LogP contribution in [-0.4, -0.2) is 39.3 Å². The maximum absolute atomic E-state index is 10.7. The van der Waals surface area contributed by atoms with Gasteiger partial charge in [0.25, 0.3) is 5.91 Å². The summed E-state index contributed by atoms with van der Waals surface area (Å²) >= 11 is 5.65. The third-order valence-corrected chi connectivity index (χ3v) is 2.12. The predicted octanol–water partition coefficient (Wildman–Crippen LogP) is -0.382. The molecule has 0 aromatic heterocycles. The summed E-state index contributed by atoms with van der Waals surface area (Å²) in [6.45, 7) is 0.0874. The van der Waals surface area contributed by atoms with Gasteiger partial charge in [0, 0.05) is 0 Å². The Balaban J connectivity index is 0.000000292. The van der Waals surface area contributed by atoms with Crippen LogP contribution < -0.4 is 5.14 Å². The molecule has 0 spiro atoms. The molecule has 0 unspecified atom stereocenters. The molecule has 0 aliphatic carbocycles. The van der Waals surface area contributed by atoms with Crippen molar-refractivity contribution in [3.05, 3.63) is 0 Å². The van der Waals surface area contributed by atoms with Gasteiger partial charge < -0.3 is 0 Å². The lowest BCUT2D eigenvalue weighted by Crippen LogP contribution is -2.18. The first-order chi connectivity index (χ1) is 6.13. The van der Waals surface area contributed by atoms with Crippen LogP contribution in [-0.2, 0) is 15.1 Å². The van der Waals surface area contributed by atoms with E-state index in [1.54, 1.807) is 0 Å². The first kappa shape index (κ1) is 13.8. The number of halogens is 2. The van der Waals surface area contributed by atoms with Crippen LogP contribution in [0.2, 0.25) is 0 Å². The molecule has 0 saturated carbocycles. The molecule has 1 fully saturated rings. The molecule has 1 saturated heterocycles. The first-order valence-corrected chi connectivity index (χ1v) is 5.76. The van der Waals surface area contributed by atoms with Gasteiger partial charge in [-0.2, -0.15) is 12.3 Å². The fraction of sp³-hybridized carbons (Fsp3) is 0.333. The van der Waals surface area contributed by atoms with Gasteiger partial charge in [0.05, 0.1) is 32.3 Å². The number of carbonyl (C=O) groups excluding carboxylic acids is 2. The summed E-state index contributed by atoms with van der Waals surface area (Å²) in [5, 5.41) is 3.88. The van der Waals surface area contributed by atoms with Crippen LogP contribution in [0.4, 0.5) is 4.79 Å². The number of nitrogens with two attached hydrogens (primary N) is 1. The van der Waals surface area contributed by atoms with Gasteiger partial charge in [-0.15, -0.1) is 0 Å². The topological polar surface area (TPSA) is 121 Å². The maximum atomic E-state index is 10.7. The molecule has 0 bridgehead atoms. The Labute approximate surface area is 96.6 Å². The molecule has 1 aliphatic heterocycles. The lowest BCUT2D eigenvalue weighted by molar-refractivity contribution is -0.121. The van der Waals surface area contributed by atoms with Crippen molar-refractivity contribution in [1.29, 1.82) is 0 Å². The van der Waals surface area contributed by atoms with Gasteiger partial charge in [-0.05, 0) is 0 Å². The Hall–Kier alpha value is -0.230. The molecule has 0 atom stereocenters. The van der Waals surface area contributed by atoms with Gasteiger partial charge in [-0.3, -0.25) is 9.35 Å². The van der Waals surface area contributed by atoms with E-state index in [4.69, 9.17) is 13.0 Å². The standard InChI is InChI=1S/C3H2Br2N2O2.H3NO3S/c4-6-1-2(8)7(5)3(6)9;1-5(2,3)4/h1H2;(H3,1,2,3,4). The molecule has 3 N–H and O–H groups in total. The highest BCUT2D eigenvalue weighted by molar-refractivity contribution is 9.08. The second kappa shape index (κ2) is 5.02. The third kappa shape index (κ3) is 5.49. The molecule has 3 amide bonds. The average Bonchev–Trinajstić information content (AvgIpc) is 2.14. The van der Waals surface area contributed by atoms with Gasteiger partial charge in [0.2, 0.25) is 0 Å². The summed E-state index contributed by atoms with van der Waals surface area (Å²) in [4.78, 5) is 21.2. The molecule has 1 aliphatic rings. The van der Waals surface area contributed by atoms with Crippen LogP contribution in [0, 0.1) is 0 Å². The van der Waals surface area contributed by atoms with E-state index in [1.807, 2.05) is 0 Å². The Kier molecular flexibility index (Phi) is 4.94. The summed E-state index contributed by atoms with van der Waals surface area (Å²) in [6.07, 6.45) is 0. The highest BCUT2D eigenvalue weighted by atomic mass is 79.9. The van der Waals surface area contributed by atoms with Crippen molar-refractivity contribution in [2.24, 2.45) is 5.14 Å². The van der Waals surface area contributed by atoms with Gasteiger partial charge in [0.1, 0.15) is 6.54 Å². The molecule has 0 aromatic carbocycles. The summed E-state index contributed by atoms with van der Waals surface area (Å²) in [6, 6.07) is -0.389. The zero-order chi connectivity index (χ0) is 11.5. The lowest BCUT2D eigenvalue weighted by Gasteiger charge is -2.00. The van der Waals surface area contributed by atoms with E-state index < -0.39 is 10.3 Å². The Morgan fingerprint density at radius 2 is 1.71 bits per heavy atom. The highest BCUT2D eigenvalue weighted by Crippen LogP contribution is 2.16. The molecule has 11 heteroatoms. The monoisotopic (exact) mass is 353 g/mol. The van der Waals surface area contributed by atoms with Crippen molar-refractivity contribution in [2.45, 2.75) is 0 Å². The fourth-order valence-corrected chi connectivity index (χ4v) is 1.34. The zero-order valence-electron chi connectivity index (χ0n) is 6.42. The fourth-order valence-electron chi connectivity index (χ4n) is 0.450. The molecule has 1 rings (SSSR count). The molecule has 1 heterocycles. The molecular weight excluding hydrogens is 350 g/mol. The third-order valence-electron chi connectivity index (χ3n) is 0.869. The second-order valence-corrected chi connectivity index (χ2v) is 4.59. The minimum atomic E-state index is -4.17. The van der Waals surface area contributed by atoms with Crippen LogP contribution in [0.25, 0.3) is 0 Å². The number of hydrogen-bond donors (Lipinski definition) is 2. The Morgan fingerprint density at radius 3 is 1.79 bits per heavy atom. The SMILES string of the molecule is NS(=O)(=O)O.O=C1CN(Br)C(=O)N1Br. The number of rotatable bonds is 0. The molecule has 0 radical (unpaired) electrons. The van der Waals surface area contributed by atoms with Crippen molar-refractivity contribution < 1.29 is 22.6 Å². The summed E-state index contributed by atoms with van der Waals surface area (Å²) in [5.41, 5.74) is 0. The van der Waals surface area contributed by atoms with Gasteiger partial charge in [0.15, 0.2) is 0 Å². The summed E-state index contributed by atoms with van der Waals surface area (Å²) in [5.74, 6) is -0.267. The van der Waals surface area contributed by atoms with E-state index in [1.165, 1.54) is 0 Å². The van der Waals surface area contributed by atoms with Crippen molar-refractivity contribution >= 4 is 54.5 Å². The van der Waals surface area contributed by atoms with Gasteiger partial charge in [-0.1, -0.05) is 0 Å². The minimum absolute atomic E-state index is 0.0874. The second-order valence-electron chi connectivity index (χ2n) is 1.99. The zero-order valence-corrected chi connectivity index (χ0v) is 10.4. The maximum Gasteiger partial charge on any atom is 0.347 e. The molecular formula is C3H5Br2N3O5S. The van der Waals surface area contributed by atoms with Crippen molar-refractivity contribution in [3.8, 4) is 0 Å². The minimum Gasteiger partial charge on any atom is -0.274 e. The Bertz CT molecular complexity index is 334. The quantitative estimate of drug-likeness (QED) is 0.349.